The lowest BCUT2D eigenvalue weighted by molar-refractivity contribution is 0.0682. The number of ether oxygens (including phenoxy) is 3. The highest BCUT2D eigenvalue weighted by atomic mass is 79.9. The van der Waals surface area contributed by atoms with Crippen LogP contribution in [0.3, 0.4) is 0 Å². The Labute approximate surface area is 190 Å². The number of benzene rings is 2. The molecule has 2 N–H and O–H groups in total. The average molecular weight is 493 g/mol. The fourth-order valence-electron chi connectivity index (χ4n) is 2.95. The number of amides is 1. The number of halogens is 1. The van der Waals surface area contributed by atoms with Crippen molar-refractivity contribution in [3.05, 3.63) is 52.5 Å². The minimum atomic E-state index is -0.312. The van der Waals surface area contributed by atoms with E-state index in [-0.39, 0.29) is 17.1 Å². The maximum atomic E-state index is 12.6. The molecular formula is C22H25BrN2O4S. The van der Waals surface area contributed by atoms with E-state index < -0.39 is 0 Å². The van der Waals surface area contributed by atoms with Crippen molar-refractivity contribution in [1.82, 2.24) is 5.32 Å². The van der Waals surface area contributed by atoms with Crippen LogP contribution in [0.15, 0.2) is 46.9 Å². The summed E-state index contributed by atoms with van der Waals surface area (Å²) in [5.41, 5.74) is 1.16. The van der Waals surface area contributed by atoms with Gasteiger partial charge in [-0.2, -0.15) is 0 Å². The number of thiocarbonyl (C=S) groups is 1. The van der Waals surface area contributed by atoms with Crippen LogP contribution in [0.4, 0.5) is 5.69 Å². The van der Waals surface area contributed by atoms with Gasteiger partial charge in [-0.3, -0.25) is 10.1 Å². The molecule has 2 aromatic rings. The average Bonchev–Trinajstić information content (AvgIpc) is 3.26. The van der Waals surface area contributed by atoms with Gasteiger partial charge in [-0.25, -0.2) is 0 Å². The lowest BCUT2D eigenvalue weighted by Gasteiger charge is -2.16. The summed E-state index contributed by atoms with van der Waals surface area (Å²) in [4.78, 5) is 12.6. The topological polar surface area (TPSA) is 68.8 Å². The molecule has 1 heterocycles. The van der Waals surface area contributed by atoms with Gasteiger partial charge >= 0.3 is 0 Å². The number of carbonyl (C=O) groups is 1. The summed E-state index contributed by atoms with van der Waals surface area (Å²) in [5, 5.41) is 5.93. The summed E-state index contributed by atoms with van der Waals surface area (Å²) in [6, 6.07) is 12.6. The fourth-order valence-corrected chi connectivity index (χ4v) is 3.65. The minimum absolute atomic E-state index is 0.118. The molecule has 1 aliphatic heterocycles. The molecule has 0 radical (unpaired) electrons. The van der Waals surface area contributed by atoms with Crippen molar-refractivity contribution in [2.24, 2.45) is 0 Å². The number of hydrogen-bond acceptors (Lipinski definition) is 5. The van der Waals surface area contributed by atoms with Gasteiger partial charge in [0.2, 0.25) is 0 Å². The predicted octanol–water partition coefficient (Wildman–Crippen LogP) is 4.92. The summed E-state index contributed by atoms with van der Waals surface area (Å²) in [6.45, 7) is 3.92. The Kier molecular flexibility index (Phi) is 8.48. The first-order chi connectivity index (χ1) is 14.6. The van der Waals surface area contributed by atoms with Crippen LogP contribution in [0.2, 0.25) is 0 Å². The van der Waals surface area contributed by atoms with Crippen molar-refractivity contribution in [2.75, 3.05) is 25.1 Å². The molecule has 3 rings (SSSR count). The molecule has 1 amide bonds. The Hall–Kier alpha value is -2.16. The second-order valence-electron chi connectivity index (χ2n) is 6.84. The quantitative estimate of drug-likeness (QED) is 0.509. The summed E-state index contributed by atoms with van der Waals surface area (Å²) in [6.07, 6.45) is 3.09. The van der Waals surface area contributed by atoms with E-state index in [1.165, 1.54) is 0 Å². The lowest BCUT2D eigenvalue weighted by Crippen LogP contribution is -2.34. The second kappa shape index (κ2) is 11.3. The number of para-hydroxylation sites is 2. The minimum Gasteiger partial charge on any atom is -0.492 e. The van der Waals surface area contributed by atoms with Gasteiger partial charge in [-0.1, -0.05) is 19.1 Å². The van der Waals surface area contributed by atoms with Crippen LogP contribution in [-0.2, 0) is 4.74 Å². The van der Waals surface area contributed by atoms with Gasteiger partial charge in [-0.15, -0.1) is 0 Å². The first-order valence-corrected chi connectivity index (χ1v) is 11.1. The second-order valence-corrected chi connectivity index (χ2v) is 8.11. The molecule has 0 saturated carbocycles. The monoisotopic (exact) mass is 492 g/mol. The molecule has 0 bridgehead atoms. The SMILES string of the molecule is CCCOc1ccc(C(=O)NC(=S)Nc2ccccc2OCC2CCCO2)cc1Br. The first kappa shape index (κ1) is 22.5. The summed E-state index contributed by atoms with van der Waals surface area (Å²) in [5.74, 6) is 1.05. The Morgan fingerprint density at radius 1 is 1.23 bits per heavy atom. The zero-order chi connectivity index (χ0) is 21.3. The van der Waals surface area contributed by atoms with Crippen LogP contribution in [0.1, 0.15) is 36.5 Å². The van der Waals surface area contributed by atoms with E-state index >= 15 is 0 Å². The van der Waals surface area contributed by atoms with Crippen molar-refractivity contribution < 1.29 is 19.0 Å². The Balaban J connectivity index is 1.57. The number of nitrogens with one attached hydrogen (secondary N) is 2. The third kappa shape index (κ3) is 6.42. The highest BCUT2D eigenvalue weighted by Gasteiger charge is 2.17. The van der Waals surface area contributed by atoms with Crippen molar-refractivity contribution in [1.29, 1.82) is 0 Å². The first-order valence-electron chi connectivity index (χ1n) is 9.95. The smallest absolute Gasteiger partial charge is 0.257 e. The number of carbonyl (C=O) groups excluding carboxylic acids is 1. The molecule has 160 valence electrons. The molecular weight excluding hydrogens is 468 g/mol. The highest BCUT2D eigenvalue weighted by molar-refractivity contribution is 9.10. The maximum Gasteiger partial charge on any atom is 0.257 e. The van der Waals surface area contributed by atoms with Gasteiger partial charge in [0.25, 0.3) is 5.91 Å². The largest absolute Gasteiger partial charge is 0.492 e. The molecule has 1 aliphatic rings. The van der Waals surface area contributed by atoms with Crippen molar-refractivity contribution in [3.63, 3.8) is 0 Å². The zero-order valence-corrected chi connectivity index (χ0v) is 19.2. The maximum absolute atomic E-state index is 12.6. The van der Waals surface area contributed by atoms with E-state index in [1.807, 2.05) is 31.2 Å². The van der Waals surface area contributed by atoms with Crippen LogP contribution >= 0.6 is 28.1 Å². The normalized spacial score (nSPS) is 15.5. The van der Waals surface area contributed by atoms with Gasteiger partial charge in [0, 0.05) is 12.2 Å². The van der Waals surface area contributed by atoms with E-state index in [9.17, 15) is 4.79 Å². The van der Waals surface area contributed by atoms with Crippen molar-refractivity contribution in [3.8, 4) is 11.5 Å². The molecule has 1 atom stereocenters. The van der Waals surface area contributed by atoms with Gasteiger partial charge in [-0.05, 0) is 77.7 Å². The van der Waals surface area contributed by atoms with Crippen molar-refractivity contribution >= 4 is 44.9 Å². The summed E-state index contributed by atoms with van der Waals surface area (Å²) >= 11 is 8.76. The Morgan fingerprint density at radius 2 is 2.07 bits per heavy atom. The van der Waals surface area contributed by atoms with Gasteiger partial charge in [0.15, 0.2) is 5.11 Å². The standard InChI is InChI=1S/C22H25BrN2O4S/c1-2-11-28-19-10-9-15(13-17(19)23)21(26)25-22(30)24-18-7-3-4-8-20(18)29-14-16-6-5-12-27-16/h3-4,7-10,13,16H,2,5-6,11-12,14H2,1H3,(H2,24,25,26,30). The lowest BCUT2D eigenvalue weighted by atomic mass is 10.2. The van der Waals surface area contributed by atoms with Crippen LogP contribution in [0.5, 0.6) is 11.5 Å². The number of anilines is 1. The van der Waals surface area contributed by atoms with Crippen molar-refractivity contribution in [2.45, 2.75) is 32.3 Å². The molecule has 0 spiro atoms. The third-order valence-corrected chi connectivity index (χ3v) is 5.29. The van der Waals surface area contributed by atoms with Crippen LogP contribution in [-0.4, -0.2) is 36.9 Å². The Bertz CT molecular complexity index is 887. The summed E-state index contributed by atoms with van der Waals surface area (Å²) in [7, 11) is 0. The van der Waals surface area contributed by atoms with E-state index in [0.717, 1.165) is 30.3 Å². The predicted molar refractivity (Wildman–Crippen MR) is 125 cm³/mol. The van der Waals surface area contributed by atoms with Gasteiger partial charge < -0.3 is 19.5 Å². The number of rotatable bonds is 8. The van der Waals surface area contributed by atoms with Crippen LogP contribution < -0.4 is 20.1 Å². The van der Waals surface area contributed by atoms with Crippen LogP contribution in [0.25, 0.3) is 0 Å². The molecule has 1 saturated heterocycles. The van der Waals surface area contributed by atoms with Crippen LogP contribution in [0, 0.1) is 0 Å². The summed E-state index contributed by atoms with van der Waals surface area (Å²) < 4.78 is 17.8. The molecule has 8 heteroatoms. The van der Waals surface area contributed by atoms with Gasteiger partial charge in [0.05, 0.1) is 22.9 Å². The van der Waals surface area contributed by atoms with E-state index in [2.05, 4.69) is 26.6 Å². The Morgan fingerprint density at radius 3 is 2.80 bits per heavy atom. The highest BCUT2D eigenvalue weighted by Crippen LogP contribution is 2.27. The molecule has 1 fully saturated rings. The molecule has 6 nitrogen and oxygen atoms in total. The molecule has 2 aromatic carbocycles. The molecule has 1 unspecified atom stereocenters. The zero-order valence-electron chi connectivity index (χ0n) is 16.8. The molecule has 0 aliphatic carbocycles. The van der Waals surface area contributed by atoms with Gasteiger partial charge in [0.1, 0.15) is 18.1 Å². The third-order valence-electron chi connectivity index (χ3n) is 4.47. The van der Waals surface area contributed by atoms with E-state index in [1.54, 1.807) is 18.2 Å². The van der Waals surface area contributed by atoms with E-state index in [4.69, 9.17) is 26.4 Å². The van der Waals surface area contributed by atoms with E-state index in [0.29, 0.717) is 36.0 Å². The molecule has 30 heavy (non-hydrogen) atoms. The molecule has 0 aromatic heterocycles. The fraction of sp³-hybridized carbons (Fsp3) is 0.364. The number of hydrogen-bond donors (Lipinski definition) is 2.